The van der Waals surface area contributed by atoms with E-state index in [-0.39, 0.29) is 23.4 Å². The highest BCUT2D eigenvalue weighted by Gasteiger charge is 2.12. The van der Waals surface area contributed by atoms with Gasteiger partial charge in [-0.05, 0) is 39.3 Å². The predicted molar refractivity (Wildman–Crippen MR) is 108 cm³/mol. The van der Waals surface area contributed by atoms with Gasteiger partial charge in [-0.1, -0.05) is 20.8 Å². The third kappa shape index (κ3) is 18.0. The van der Waals surface area contributed by atoms with Gasteiger partial charge in [0.25, 0.3) is 0 Å². The number of esters is 2. The van der Waals surface area contributed by atoms with Crippen molar-refractivity contribution in [2.45, 2.75) is 59.4 Å². The van der Waals surface area contributed by atoms with Crippen molar-refractivity contribution in [3.05, 3.63) is 0 Å². The number of nitrogens with zero attached hydrogens (tertiary/aromatic N) is 2. The lowest BCUT2D eigenvalue weighted by molar-refractivity contribution is -0.145. The van der Waals surface area contributed by atoms with Gasteiger partial charge in [0.15, 0.2) is 0 Å². The molecule has 0 saturated carbocycles. The number of carbonyl (C=O) groups is 2. The second-order valence-corrected chi connectivity index (χ2v) is 8.62. The predicted octanol–water partition coefficient (Wildman–Crippen LogP) is 1.89. The molecule has 2 N–H and O–H groups in total. The van der Waals surface area contributed by atoms with E-state index in [9.17, 15) is 9.59 Å². The Bertz CT molecular complexity index is 422. The van der Waals surface area contributed by atoms with Gasteiger partial charge in [-0.3, -0.25) is 9.59 Å². The molecular formula is C20H41N3O4. The van der Waals surface area contributed by atoms with Crippen LogP contribution in [0.4, 0.5) is 0 Å². The van der Waals surface area contributed by atoms with Crippen molar-refractivity contribution < 1.29 is 19.1 Å². The summed E-state index contributed by atoms with van der Waals surface area (Å²) in [5.41, 5.74) is 5.80. The molecule has 1 atom stereocenters. The molecule has 27 heavy (non-hydrogen) atoms. The van der Waals surface area contributed by atoms with Crippen LogP contribution in [0.25, 0.3) is 0 Å². The fourth-order valence-electron chi connectivity index (χ4n) is 2.10. The summed E-state index contributed by atoms with van der Waals surface area (Å²) in [6, 6.07) is 0.0479. The molecule has 1 unspecified atom stereocenters. The van der Waals surface area contributed by atoms with E-state index in [1.54, 1.807) is 0 Å². The van der Waals surface area contributed by atoms with Crippen LogP contribution in [-0.2, 0) is 19.1 Å². The summed E-state index contributed by atoms with van der Waals surface area (Å²) in [5.74, 6) is -0.331. The first-order valence-electron chi connectivity index (χ1n) is 9.93. The van der Waals surface area contributed by atoms with Gasteiger partial charge >= 0.3 is 11.9 Å². The lowest BCUT2D eigenvalue weighted by Crippen LogP contribution is -2.33. The van der Waals surface area contributed by atoms with E-state index in [1.165, 1.54) is 0 Å². The van der Waals surface area contributed by atoms with Crippen molar-refractivity contribution in [1.82, 2.24) is 9.80 Å². The Morgan fingerprint density at radius 1 is 0.889 bits per heavy atom. The maximum Gasteiger partial charge on any atom is 0.307 e. The number of likely N-dealkylation sites (N-methyl/N-ethyl adjacent to an activating group) is 2. The summed E-state index contributed by atoms with van der Waals surface area (Å²) >= 11 is 0. The molecule has 0 rings (SSSR count). The smallest absolute Gasteiger partial charge is 0.307 e. The van der Waals surface area contributed by atoms with E-state index in [4.69, 9.17) is 15.2 Å². The zero-order valence-electron chi connectivity index (χ0n) is 18.3. The highest BCUT2D eigenvalue weighted by Crippen LogP contribution is 2.17. The van der Waals surface area contributed by atoms with E-state index in [2.05, 4.69) is 30.6 Å². The molecule has 0 amide bonds. The van der Waals surface area contributed by atoms with E-state index in [0.717, 1.165) is 19.5 Å². The molecule has 0 fully saturated rings. The standard InChI is InChI=1S/C20H41N3O4/c1-17(21)9-15-26-18(24)7-11-22(5)13-14-23(6)12-8-19(25)27-16-10-20(2,3)4/h17H,7-16,21H2,1-6H3. The zero-order valence-corrected chi connectivity index (χ0v) is 18.3. The number of rotatable bonds is 14. The molecule has 160 valence electrons. The van der Waals surface area contributed by atoms with Crippen LogP contribution < -0.4 is 5.73 Å². The monoisotopic (exact) mass is 387 g/mol. The Morgan fingerprint density at radius 3 is 1.74 bits per heavy atom. The van der Waals surface area contributed by atoms with Crippen molar-refractivity contribution in [3.63, 3.8) is 0 Å². The summed E-state index contributed by atoms with van der Waals surface area (Å²) in [7, 11) is 3.96. The molecule has 0 aliphatic heterocycles. The highest BCUT2D eigenvalue weighted by atomic mass is 16.5. The zero-order chi connectivity index (χ0) is 20.9. The third-order valence-electron chi connectivity index (χ3n) is 4.21. The number of hydrogen-bond acceptors (Lipinski definition) is 7. The Labute approximate surface area is 165 Å². The quantitative estimate of drug-likeness (QED) is 0.456. The van der Waals surface area contributed by atoms with Gasteiger partial charge in [0.05, 0.1) is 26.1 Å². The van der Waals surface area contributed by atoms with Crippen molar-refractivity contribution >= 4 is 11.9 Å². The van der Waals surface area contributed by atoms with Crippen LogP contribution in [0, 0.1) is 5.41 Å². The van der Waals surface area contributed by atoms with Crippen molar-refractivity contribution in [2.24, 2.45) is 11.1 Å². The van der Waals surface area contributed by atoms with E-state index < -0.39 is 0 Å². The second-order valence-electron chi connectivity index (χ2n) is 8.62. The minimum Gasteiger partial charge on any atom is -0.466 e. The Balaban J connectivity index is 3.74. The van der Waals surface area contributed by atoms with Gasteiger partial charge in [-0.2, -0.15) is 0 Å². The summed E-state index contributed by atoms with van der Waals surface area (Å²) in [6.07, 6.45) is 2.33. The molecule has 0 bridgehead atoms. The summed E-state index contributed by atoms with van der Waals surface area (Å²) in [6.45, 7) is 12.1. The molecule has 0 heterocycles. The maximum atomic E-state index is 11.8. The average molecular weight is 388 g/mol. The van der Waals surface area contributed by atoms with Crippen LogP contribution in [0.2, 0.25) is 0 Å². The fraction of sp³-hybridized carbons (Fsp3) is 0.900. The molecule has 0 radical (unpaired) electrons. The van der Waals surface area contributed by atoms with E-state index >= 15 is 0 Å². The van der Waals surface area contributed by atoms with Gasteiger partial charge in [0, 0.05) is 32.2 Å². The van der Waals surface area contributed by atoms with Crippen LogP contribution >= 0.6 is 0 Å². The first kappa shape index (κ1) is 25.8. The van der Waals surface area contributed by atoms with Gasteiger partial charge in [-0.15, -0.1) is 0 Å². The Hall–Kier alpha value is -1.18. The van der Waals surface area contributed by atoms with E-state index in [1.807, 2.05) is 21.0 Å². The first-order chi connectivity index (χ1) is 12.5. The van der Waals surface area contributed by atoms with Crippen LogP contribution in [0.15, 0.2) is 0 Å². The number of hydrogen-bond donors (Lipinski definition) is 1. The lowest BCUT2D eigenvalue weighted by Gasteiger charge is -2.22. The first-order valence-corrected chi connectivity index (χ1v) is 9.93. The third-order valence-corrected chi connectivity index (χ3v) is 4.21. The number of ether oxygens (including phenoxy) is 2. The fourth-order valence-corrected chi connectivity index (χ4v) is 2.10. The second kappa shape index (κ2) is 13.9. The molecule has 0 aromatic heterocycles. The van der Waals surface area contributed by atoms with Crippen LogP contribution in [-0.4, -0.2) is 81.3 Å². The summed E-state index contributed by atoms with van der Waals surface area (Å²) < 4.78 is 10.4. The molecule has 0 aromatic rings. The van der Waals surface area contributed by atoms with Crippen molar-refractivity contribution in [3.8, 4) is 0 Å². The SMILES string of the molecule is CC(N)CCOC(=O)CCN(C)CCN(C)CCC(=O)OCCC(C)(C)C. The summed E-state index contributed by atoms with van der Waals surface area (Å²) in [5, 5.41) is 0. The maximum absolute atomic E-state index is 11.8. The molecule has 0 aliphatic carbocycles. The Morgan fingerprint density at radius 2 is 1.33 bits per heavy atom. The molecule has 0 aliphatic rings. The van der Waals surface area contributed by atoms with Crippen LogP contribution in [0.3, 0.4) is 0 Å². The molecule has 7 heteroatoms. The van der Waals surface area contributed by atoms with Crippen molar-refractivity contribution in [2.75, 3.05) is 53.5 Å². The topological polar surface area (TPSA) is 85.1 Å². The minimum absolute atomic E-state index is 0.0479. The molecular weight excluding hydrogens is 346 g/mol. The normalized spacial score (nSPS) is 13.1. The molecule has 7 nitrogen and oxygen atoms in total. The molecule has 0 spiro atoms. The number of nitrogens with two attached hydrogens (primary N) is 1. The highest BCUT2D eigenvalue weighted by molar-refractivity contribution is 5.69. The van der Waals surface area contributed by atoms with Gasteiger partial charge in [0.2, 0.25) is 0 Å². The van der Waals surface area contributed by atoms with Crippen LogP contribution in [0.5, 0.6) is 0 Å². The van der Waals surface area contributed by atoms with Gasteiger partial charge < -0.3 is 25.0 Å². The molecule has 0 aromatic carbocycles. The average Bonchev–Trinajstić information content (AvgIpc) is 2.54. The largest absolute Gasteiger partial charge is 0.466 e. The Kier molecular flexibility index (Phi) is 13.3. The summed E-state index contributed by atoms with van der Waals surface area (Å²) in [4.78, 5) is 27.6. The number of carbonyl (C=O) groups excluding carboxylic acids is 2. The van der Waals surface area contributed by atoms with E-state index in [0.29, 0.717) is 45.6 Å². The van der Waals surface area contributed by atoms with Crippen LogP contribution in [0.1, 0.15) is 53.4 Å². The molecule has 0 saturated heterocycles. The van der Waals surface area contributed by atoms with Crippen molar-refractivity contribution in [1.29, 1.82) is 0 Å². The minimum atomic E-state index is -0.186. The lowest BCUT2D eigenvalue weighted by atomic mass is 9.93. The van der Waals surface area contributed by atoms with Gasteiger partial charge in [-0.25, -0.2) is 0 Å². The van der Waals surface area contributed by atoms with Gasteiger partial charge in [0.1, 0.15) is 0 Å².